The number of imidazole rings is 1. The minimum Gasteiger partial charge on any atom is -0.444 e. The van der Waals surface area contributed by atoms with E-state index < -0.39 is 11.0 Å². The molecule has 3 fully saturated rings. The van der Waals surface area contributed by atoms with Crippen LogP contribution >= 0.6 is 0 Å². The zero-order valence-corrected chi connectivity index (χ0v) is 33.9. The molecule has 0 unspecified atom stereocenters. The molecule has 5 heterocycles. The molecule has 0 bridgehead atoms. The van der Waals surface area contributed by atoms with Crippen LogP contribution in [0.4, 0.5) is 22.0 Å². The summed E-state index contributed by atoms with van der Waals surface area (Å²) in [4.78, 5) is 57.3. The monoisotopic (exact) mass is 760 g/mol. The molecule has 1 saturated carbocycles. The predicted molar refractivity (Wildman–Crippen MR) is 220 cm³/mol. The van der Waals surface area contributed by atoms with Gasteiger partial charge in [0, 0.05) is 60.8 Å². The second kappa shape index (κ2) is 14.5. The zero-order valence-electron chi connectivity index (χ0n) is 33.9. The largest absolute Gasteiger partial charge is 0.444 e. The highest BCUT2D eigenvalue weighted by atomic mass is 16.6. The second-order valence-corrected chi connectivity index (χ2v) is 17.5. The Morgan fingerprint density at radius 2 is 1.68 bits per heavy atom. The number of carbonyl (C=O) groups excluding carboxylic acids is 3. The maximum Gasteiger partial charge on any atom is 0.410 e. The number of fused-ring (bicyclic) bond motifs is 3. The number of nitrogens with zero attached hydrogens (tertiary/aromatic N) is 6. The molecule has 2 saturated heterocycles. The maximum atomic E-state index is 14.9. The van der Waals surface area contributed by atoms with Crippen molar-refractivity contribution in [3.63, 3.8) is 0 Å². The van der Waals surface area contributed by atoms with Crippen LogP contribution in [0.25, 0.3) is 22.3 Å². The van der Waals surface area contributed by atoms with Gasteiger partial charge in [0.2, 0.25) is 5.91 Å². The van der Waals surface area contributed by atoms with Crippen LogP contribution in [0.1, 0.15) is 107 Å². The predicted octanol–water partition coefficient (Wildman–Crippen LogP) is 7.72. The number of pyridine rings is 1. The van der Waals surface area contributed by atoms with Gasteiger partial charge in [-0.05, 0) is 129 Å². The van der Waals surface area contributed by atoms with Gasteiger partial charge in [-0.1, -0.05) is 24.6 Å². The van der Waals surface area contributed by atoms with Gasteiger partial charge in [0.25, 0.3) is 5.91 Å². The topological polar surface area (TPSA) is 125 Å². The Morgan fingerprint density at radius 3 is 2.36 bits per heavy atom. The summed E-state index contributed by atoms with van der Waals surface area (Å²) in [7, 11) is 1.63. The molecule has 56 heavy (non-hydrogen) atoms. The van der Waals surface area contributed by atoms with Crippen molar-refractivity contribution in [3.05, 3.63) is 65.5 Å². The highest BCUT2D eigenvalue weighted by molar-refractivity contribution is 6.09. The molecule has 2 N–H and O–H groups in total. The summed E-state index contributed by atoms with van der Waals surface area (Å²) in [6.07, 6.45) is 8.35. The van der Waals surface area contributed by atoms with Crippen molar-refractivity contribution >= 4 is 46.1 Å². The zero-order chi connectivity index (χ0) is 39.5. The van der Waals surface area contributed by atoms with E-state index in [1.807, 2.05) is 58.3 Å². The lowest BCUT2D eigenvalue weighted by Gasteiger charge is -2.48. The number of piperidine rings is 2. The minimum atomic E-state index is -0.698. The molecule has 2 aromatic carbocycles. The number of ether oxygens (including phenoxy) is 1. The first-order valence-corrected chi connectivity index (χ1v) is 20.4. The minimum absolute atomic E-state index is 0.122. The summed E-state index contributed by atoms with van der Waals surface area (Å²) in [6.45, 7) is 15.0. The van der Waals surface area contributed by atoms with E-state index in [4.69, 9.17) is 14.7 Å². The van der Waals surface area contributed by atoms with Crippen molar-refractivity contribution in [2.45, 2.75) is 116 Å². The standard InChI is InChI=1S/C44H56N8O4/c1-27(2)51-26-46-36-25-35(48-39(38(36)51)47-30-13-11-28(3)33(22-30)40(53)45-7)29-12-14-34-37(21-29)52(32-23-31(24-32)49-17-9-8-10-18-49)41(54)44(34)15-19-50(20-16-44)42(55)56-43(4,5)6/h11-14,21-22,25-27,31-32H,8-10,15-20,23-24H2,1-7H3,(H,45,53)(H,47,48). The molecule has 296 valence electrons. The molecule has 12 nitrogen and oxygen atoms in total. The number of rotatable bonds is 7. The Morgan fingerprint density at radius 1 is 0.946 bits per heavy atom. The second-order valence-electron chi connectivity index (χ2n) is 17.5. The van der Waals surface area contributed by atoms with Gasteiger partial charge in [0.1, 0.15) is 11.1 Å². The van der Waals surface area contributed by atoms with Gasteiger partial charge < -0.3 is 34.6 Å². The molecule has 8 rings (SSSR count). The van der Waals surface area contributed by atoms with Gasteiger partial charge in [-0.2, -0.15) is 0 Å². The molecule has 0 atom stereocenters. The van der Waals surface area contributed by atoms with Gasteiger partial charge in [-0.3, -0.25) is 9.59 Å². The van der Waals surface area contributed by atoms with Gasteiger partial charge in [0.05, 0.1) is 23.0 Å². The van der Waals surface area contributed by atoms with Crippen molar-refractivity contribution < 1.29 is 19.1 Å². The highest BCUT2D eigenvalue weighted by Gasteiger charge is 2.56. The number of amides is 3. The van der Waals surface area contributed by atoms with Crippen LogP contribution in [0.15, 0.2) is 48.8 Å². The van der Waals surface area contributed by atoms with Gasteiger partial charge in [-0.15, -0.1) is 0 Å². The number of carbonyl (C=O) groups is 3. The molecule has 1 aliphatic carbocycles. The number of hydrogen-bond acceptors (Lipinski definition) is 8. The maximum absolute atomic E-state index is 14.9. The normalized spacial score (nSPS) is 21.0. The van der Waals surface area contributed by atoms with Crippen LogP contribution in [-0.2, 0) is 14.9 Å². The molecule has 2 aromatic heterocycles. The van der Waals surface area contributed by atoms with Crippen molar-refractivity contribution in [1.29, 1.82) is 0 Å². The first-order chi connectivity index (χ1) is 26.8. The van der Waals surface area contributed by atoms with Crippen molar-refractivity contribution in [1.82, 2.24) is 29.7 Å². The van der Waals surface area contributed by atoms with Crippen LogP contribution in [0.5, 0.6) is 0 Å². The molecule has 12 heteroatoms. The average Bonchev–Trinajstić information content (AvgIpc) is 3.69. The molecule has 1 spiro atoms. The van der Waals surface area contributed by atoms with E-state index in [0.717, 1.165) is 70.7 Å². The molecule has 0 radical (unpaired) electrons. The quantitative estimate of drug-likeness (QED) is 0.196. The van der Waals surface area contributed by atoms with Crippen LogP contribution in [0, 0.1) is 6.92 Å². The fraction of sp³-hybridized carbons (Fsp3) is 0.523. The fourth-order valence-corrected chi connectivity index (χ4v) is 9.25. The molecular formula is C44H56N8O4. The number of nitrogens with one attached hydrogen (secondary N) is 2. The number of aryl methyl sites for hydroxylation is 1. The Labute approximate surface area is 330 Å². The van der Waals surface area contributed by atoms with E-state index in [9.17, 15) is 14.4 Å². The Hall–Kier alpha value is -4.97. The third kappa shape index (κ3) is 6.79. The number of likely N-dealkylation sites (tertiary alicyclic amines) is 2. The van der Waals surface area contributed by atoms with E-state index in [-0.39, 0.29) is 30.0 Å². The molecule has 3 amide bonds. The van der Waals surface area contributed by atoms with E-state index in [1.54, 1.807) is 11.9 Å². The SMILES string of the molecule is CNC(=O)c1cc(Nc2nc(-c3ccc4c(c3)N(C3CC(N5CCCCC5)C3)C(=O)C43CCN(C(=O)OC(C)(C)C)CC3)cc3ncn(C(C)C)c23)ccc1C. The lowest BCUT2D eigenvalue weighted by atomic mass is 9.73. The Bertz CT molecular complexity index is 2170. The fourth-order valence-electron chi connectivity index (χ4n) is 9.25. The third-order valence-corrected chi connectivity index (χ3v) is 12.4. The van der Waals surface area contributed by atoms with Crippen LogP contribution in [0.3, 0.4) is 0 Å². The van der Waals surface area contributed by atoms with Crippen LogP contribution in [-0.4, -0.2) is 93.2 Å². The summed E-state index contributed by atoms with van der Waals surface area (Å²) < 4.78 is 7.82. The van der Waals surface area contributed by atoms with E-state index in [0.29, 0.717) is 43.4 Å². The van der Waals surface area contributed by atoms with E-state index in [2.05, 4.69) is 57.0 Å². The van der Waals surface area contributed by atoms with Crippen LogP contribution < -0.4 is 15.5 Å². The summed E-state index contributed by atoms with van der Waals surface area (Å²) in [6, 6.07) is 14.9. The first-order valence-electron chi connectivity index (χ1n) is 20.4. The first kappa shape index (κ1) is 37.9. The average molecular weight is 761 g/mol. The van der Waals surface area contributed by atoms with Gasteiger partial charge in [-0.25, -0.2) is 14.8 Å². The van der Waals surface area contributed by atoms with Gasteiger partial charge in [0.15, 0.2) is 5.82 Å². The summed E-state index contributed by atoms with van der Waals surface area (Å²) >= 11 is 0. The summed E-state index contributed by atoms with van der Waals surface area (Å²) in [5, 5.41) is 6.28. The molecular weight excluding hydrogens is 705 g/mol. The number of hydrogen-bond donors (Lipinski definition) is 2. The van der Waals surface area contributed by atoms with Gasteiger partial charge >= 0.3 is 6.09 Å². The van der Waals surface area contributed by atoms with E-state index >= 15 is 0 Å². The molecule has 4 aromatic rings. The van der Waals surface area contributed by atoms with Crippen LogP contribution in [0.2, 0.25) is 0 Å². The molecule has 4 aliphatic rings. The lowest BCUT2D eigenvalue weighted by Crippen LogP contribution is -2.58. The van der Waals surface area contributed by atoms with Crippen molar-refractivity contribution in [3.8, 4) is 11.3 Å². The Balaban J connectivity index is 1.17. The number of benzene rings is 2. The van der Waals surface area contributed by atoms with Crippen molar-refractivity contribution in [2.75, 3.05) is 43.4 Å². The number of anilines is 3. The summed E-state index contributed by atoms with van der Waals surface area (Å²) in [5.74, 6) is 0.644. The molecule has 3 aliphatic heterocycles. The third-order valence-electron chi connectivity index (χ3n) is 12.4. The number of aromatic nitrogens is 3. The highest BCUT2D eigenvalue weighted by Crippen LogP contribution is 2.52. The summed E-state index contributed by atoms with van der Waals surface area (Å²) in [5.41, 5.74) is 6.25. The Kier molecular flexibility index (Phi) is 9.83. The lowest BCUT2D eigenvalue weighted by molar-refractivity contribution is -0.126. The van der Waals surface area contributed by atoms with E-state index in [1.165, 1.54) is 19.3 Å². The van der Waals surface area contributed by atoms with Crippen molar-refractivity contribution in [2.24, 2.45) is 0 Å². The smallest absolute Gasteiger partial charge is 0.410 e.